The molecular weight excluding hydrogens is 456 g/mol. The normalized spacial score (nSPS) is 23.2. The number of rotatable bonds is 5. The number of likely N-dealkylation sites (tertiary alicyclic amines) is 1. The van der Waals surface area contributed by atoms with E-state index in [-0.39, 0.29) is 24.9 Å². The van der Waals surface area contributed by atoms with Crippen LogP contribution in [0.5, 0.6) is 0 Å². The number of hydrogen-bond donors (Lipinski definition) is 3. The van der Waals surface area contributed by atoms with Crippen molar-refractivity contribution in [1.82, 2.24) is 28.4 Å². The van der Waals surface area contributed by atoms with Gasteiger partial charge in [0, 0.05) is 46.6 Å². The van der Waals surface area contributed by atoms with Crippen molar-refractivity contribution in [1.29, 1.82) is 0 Å². The third-order valence-electron chi connectivity index (χ3n) is 5.95. The predicted octanol–water partition coefficient (Wildman–Crippen LogP) is -0.969. The Morgan fingerprint density at radius 2 is 1.85 bits per heavy atom. The van der Waals surface area contributed by atoms with Crippen LogP contribution in [0.3, 0.4) is 0 Å². The van der Waals surface area contributed by atoms with Gasteiger partial charge in [-0.3, -0.25) is 14.4 Å². The Labute approximate surface area is 194 Å². The molecule has 2 aliphatic heterocycles. The quantitative estimate of drug-likeness (QED) is 0.440. The van der Waals surface area contributed by atoms with E-state index in [0.29, 0.717) is 38.9 Å². The lowest BCUT2D eigenvalue weighted by molar-refractivity contribution is -0.141. The monoisotopic (exact) mass is 490 g/mol. The highest BCUT2D eigenvalue weighted by Gasteiger charge is 2.55. The van der Waals surface area contributed by atoms with Crippen molar-refractivity contribution in [3.8, 4) is 0 Å². The summed E-state index contributed by atoms with van der Waals surface area (Å²) in [5.41, 5.74) is -0.695. The number of fused-ring (bicyclic) bond motifs is 1. The van der Waals surface area contributed by atoms with Crippen LogP contribution in [-0.2, 0) is 38.2 Å². The highest BCUT2D eigenvalue weighted by atomic mass is 32.2. The first kappa shape index (κ1) is 28.5. The second-order valence-corrected chi connectivity index (χ2v) is 10.1. The van der Waals surface area contributed by atoms with E-state index >= 15 is 0 Å². The Morgan fingerprint density at radius 3 is 2.36 bits per heavy atom. The molecule has 2 aliphatic rings. The minimum Gasteiger partial charge on any atom is -0.483 e. The molecule has 0 aromatic carbocycles. The van der Waals surface area contributed by atoms with Crippen LogP contribution in [-0.4, -0.2) is 107 Å². The van der Waals surface area contributed by atoms with Crippen LogP contribution < -0.4 is 5.32 Å². The van der Waals surface area contributed by atoms with Gasteiger partial charge in [0.15, 0.2) is 0 Å². The van der Waals surface area contributed by atoms with Crippen molar-refractivity contribution in [2.24, 2.45) is 12.5 Å². The van der Waals surface area contributed by atoms with Crippen molar-refractivity contribution >= 4 is 29.1 Å². The Bertz CT molecular complexity index is 885. The van der Waals surface area contributed by atoms with Gasteiger partial charge in [-0.1, -0.05) is 0 Å². The molecule has 13 nitrogen and oxygen atoms in total. The summed E-state index contributed by atoms with van der Waals surface area (Å²) in [5, 5.41) is 16.8. The topological polar surface area (TPSA) is 165 Å². The summed E-state index contributed by atoms with van der Waals surface area (Å²) >= 11 is 0. The summed E-state index contributed by atoms with van der Waals surface area (Å²) in [5.74, 6) is 0.708. The molecule has 3 heterocycles. The molecule has 33 heavy (non-hydrogen) atoms. The summed E-state index contributed by atoms with van der Waals surface area (Å²) in [4.78, 5) is 36.4. The maximum absolute atomic E-state index is 13.3. The summed E-state index contributed by atoms with van der Waals surface area (Å²) in [6.07, 6.45) is 5.58. The highest BCUT2D eigenvalue weighted by Crippen LogP contribution is 2.43. The molecule has 0 spiro atoms. The fourth-order valence-electron chi connectivity index (χ4n) is 4.25. The van der Waals surface area contributed by atoms with Gasteiger partial charge < -0.3 is 25.0 Å². The van der Waals surface area contributed by atoms with Crippen LogP contribution >= 0.6 is 0 Å². The van der Waals surface area contributed by atoms with Crippen molar-refractivity contribution in [3.05, 3.63) is 18.2 Å². The highest BCUT2D eigenvalue weighted by molar-refractivity contribution is 7.86. The fourth-order valence-corrected chi connectivity index (χ4v) is 5.62. The van der Waals surface area contributed by atoms with Gasteiger partial charge in [-0.2, -0.15) is 17.0 Å². The number of likely N-dealkylation sites (N-methyl/N-ethyl adjacent to an activating group) is 1. The zero-order valence-corrected chi connectivity index (χ0v) is 20.2. The van der Waals surface area contributed by atoms with E-state index in [9.17, 15) is 13.2 Å². The molecule has 1 aromatic rings. The fraction of sp³-hybridized carbons (Fsp3) is 0.684. The SMILES string of the molecule is CN1CC[C@]2(C(=O)NCc3nccn3C)CCCN(S(=O)(=O)N(C)C)[C@H]2C1.O=CO.O=CO. The summed E-state index contributed by atoms with van der Waals surface area (Å²) in [6, 6.07) is -0.362. The number of aromatic nitrogens is 2. The first-order valence-corrected chi connectivity index (χ1v) is 11.7. The number of nitrogens with zero attached hydrogens (tertiary/aromatic N) is 5. The van der Waals surface area contributed by atoms with E-state index in [1.807, 2.05) is 24.9 Å². The number of amides is 1. The molecule has 1 amide bonds. The molecule has 1 aromatic heterocycles. The standard InChI is InChI=1S/C17H30N6O3S.2CH2O2/c1-20(2)27(25,26)23-9-5-6-17(7-10-21(3)13-14(17)23)16(24)19-12-15-18-8-11-22(15)4;2*2-1-3/h8,11,14H,5-7,9-10,12-13H2,1-4H3,(H,19,24);2*1H,(H,2,3)/t14-,17+;;/m0../s1. The Kier molecular flexibility index (Phi) is 10.9. The van der Waals surface area contributed by atoms with Gasteiger partial charge in [0.05, 0.1) is 18.0 Å². The number of aryl methyl sites for hydroxylation is 1. The minimum atomic E-state index is -3.59. The molecular formula is C19H34N6O7S. The molecule has 0 saturated carbocycles. The first-order valence-electron chi connectivity index (χ1n) is 10.3. The molecule has 188 valence electrons. The molecule has 0 aliphatic carbocycles. The summed E-state index contributed by atoms with van der Waals surface area (Å²) in [7, 11) is 3.36. The lowest BCUT2D eigenvalue weighted by Crippen LogP contribution is -2.67. The van der Waals surface area contributed by atoms with Crippen LogP contribution in [0.1, 0.15) is 25.1 Å². The van der Waals surface area contributed by atoms with Gasteiger partial charge >= 0.3 is 0 Å². The number of carbonyl (C=O) groups is 3. The van der Waals surface area contributed by atoms with E-state index in [4.69, 9.17) is 19.8 Å². The molecule has 3 N–H and O–H groups in total. The van der Waals surface area contributed by atoms with Gasteiger partial charge in [-0.25, -0.2) is 4.98 Å². The smallest absolute Gasteiger partial charge is 0.290 e. The Morgan fingerprint density at radius 1 is 1.24 bits per heavy atom. The largest absolute Gasteiger partial charge is 0.483 e. The lowest BCUT2D eigenvalue weighted by atomic mass is 9.68. The van der Waals surface area contributed by atoms with Gasteiger partial charge in [0.1, 0.15) is 5.82 Å². The molecule has 0 bridgehead atoms. The predicted molar refractivity (Wildman–Crippen MR) is 119 cm³/mol. The Hall–Kier alpha value is -2.55. The number of nitrogens with one attached hydrogen (secondary N) is 1. The second-order valence-electron chi connectivity index (χ2n) is 8.04. The minimum absolute atomic E-state index is 0.0674. The molecule has 3 rings (SSSR count). The molecule has 14 heteroatoms. The van der Waals surface area contributed by atoms with Crippen LogP contribution in [0.25, 0.3) is 0 Å². The van der Waals surface area contributed by atoms with Crippen LogP contribution in [0.4, 0.5) is 0 Å². The zero-order valence-electron chi connectivity index (χ0n) is 19.4. The molecule has 2 saturated heterocycles. The maximum Gasteiger partial charge on any atom is 0.290 e. The molecule has 2 fully saturated rings. The zero-order chi connectivity index (χ0) is 25.2. The number of carboxylic acid groups (broad SMARTS) is 2. The number of carbonyl (C=O) groups excluding carboxylic acids is 1. The molecule has 0 radical (unpaired) electrons. The van der Waals surface area contributed by atoms with Crippen molar-refractivity contribution in [3.63, 3.8) is 0 Å². The van der Waals surface area contributed by atoms with E-state index in [2.05, 4.69) is 15.2 Å². The molecule has 0 unspecified atom stereocenters. The van der Waals surface area contributed by atoms with Crippen molar-refractivity contribution in [2.45, 2.75) is 31.8 Å². The maximum atomic E-state index is 13.3. The van der Waals surface area contributed by atoms with Crippen LogP contribution in [0.2, 0.25) is 0 Å². The van der Waals surface area contributed by atoms with Gasteiger partial charge in [-0.15, -0.1) is 0 Å². The number of hydrogen-bond acceptors (Lipinski definition) is 7. The van der Waals surface area contributed by atoms with Crippen molar-refractivity contribution in [2.75, 3.05) is 40.8 Å². The summed E-state index contributed by atoms with van der Waals surface area (Å²) < 4.78 is 30.4. The van der Waals surface area contributed by atoms with Gasteiger partial charge in [-0.05, 0) is 32.9 Å². The average Bonchev–Trinajstić information content (AvgIpc) is 3.17. The lowest BCUT2D eigenvalue weighted by Gasteiger charge is -2.52. The third-order valence-corrected chi connectivity index (χ3v) is 7.90. The summed E-state index contributed by atoms with van der Waals surface area (Å²) in [6.45, 7) is 1.63. The van der Waals surface area contributed by atoms with Gasteiger partial charge in [0.25, 0.3) is 23.2 Å². The van der Waals surface area contributed by atoms with E-state index in [1.165, 1.54) is 8.61 Å². The second kappa shape index (κ2) is 12.6. The van der Waals surface area contributed by atoms with E-state index in [1.54, 1.807) is 20.3 Å². The average molecular weight is 491 g/mol. The first-order chi connectivity index (χ1) is 15.5. The van der Waals surface area contributed by atoms with Gasteiger partial charge in [0.2, 0.25) is 5.91 Å². The Balaban J connectivity index is 0.000000819. The van der Waals surface area contributed by atoms with Crippen molar-refractivity contribution < 1.29 is 33.0 Å². The molecule has 2 atom stereocenters. The van der Waals surface area contributed by atoms with E-state index < -0.39 is 15.6 Å². The number of imidazole rings is 1. The van der Waals surface area contributed by atoms with Crippen LogP contribution in [0.15, 0.2) is 12.4 Å². The number of piperidine rings is 2. The van der Waals surface area contributed by atoms with E-state index in [0.717, 1.165) is 12.4 Å². The van der Waals surface area contributed by atoms with Crippen LogP contribution in [0, 0.1) is 5.41 Å². The third kappa shape index (κ3) is 6.72.